The Morgan fingerprint density at radius 2 is 1.46 bits per heavy atom. The number of carbonyl (C=O) groups is 2. The Balaban J connectivity index is 2.28. The first-order valence-electron chi connectivity index (χ1n) is 8.63. The van der Waals surface area contributed by atoms with E-state index in [1.54, 1.807) is 18.2 Å². The molecule has 1 N–H and O–H groups in total. The number of anilines is 1. The molecule has 134 valence electrons. The van der Waals surface area contributed by atoms with E-state index in [4.69, 9.17) is 12.2 Å². The molecule has 2 aromatic carbocycles. The van der Waals surface area contributed by atoms with Crippen LogP contribution in [0.15, 0.2) is 36.4 Å². The molecule has 2 amide bonds. The highest BCUT2D eigenvalue weighted by Gasteiger charge is 2.41. The van der Waals surface area contributed by atoms with Gasteiger partial charge in [-0.1, -0.05) is 52.0 Å². The number of thiocarbonyl (C=S) groups is 1. The monoisotopic (exact) mass is 367 g/mol. The molecule has 1 aliphatic rings. The summed E-state index contributed by atoms with van der Waals surface area (Å²) in [6, 6.07) is 10.7. The Labute approximate surface area is 158 Å². The molecule has 26 heavy (non-hydrogen) atoms. The summed E-state index contributed by atoms with van der Waals surface area (Å²) in [6.45, 7) is 8.15. The lowest BCUT2D eigenvalue weighted by atomic mass is 9.92. The first-order chi connectivity index (χ1) is 12.3. The Hall–Kier alpha value is -2.53. The van der Waals surface area contributed by atoms with Crippen LogP contribution in [0.4, 0.5) is 5.69 Å². The number of para-hydroxylation sites is 1. The highest BCUT2D eigenvalue weighted by Crippen LogP contribution is 2.40. The molecule has 0 atom stereocenters. The van der Waals surface area contributed by atoms with Crippen molar-refractivity contribution in [3.8, 4) is 0 Å². The second kappa shape index (κ2) is 6.65. The second-order valence-corrected chi connectivity index (χ2v) is 7.46. The number of fused-ring (bicyclic) bond motifs is 1. The molecule has 0 saturated carbocycles. The van der Waals surface area contributed by atoms with Crippen molar-refractivity contribution in [2.75, 3.05) is 4.90 Å². The molecule has 1 aliphatic heterocycles. The van der Waals surface area contributed by atoms with Gasteiger partial charge in [-0.05, 0) is 47.3 Å². The van der Waals surface area contributed by atoms with E-state index >= 15 is 0 Å². The van der Waals surface area contributed by atoms with Crippen LogP contribution in [0.2, 0.25) is 0 Å². The summed E-state index contributed by atoms with van der Waals surface area (Å²) in [5.74, 6) is -0.525. The highest BCUT2D eigenvalue weighted by atomic mass is 32.1. The number of hydrogen-bond acceptors (Lipinski definition) is 3. The molecule has 0 spiro atoms. The molecule has 0 fully saturated rings. The smallest absolute Gasteiger partial charge is 0.266 e. The third-order valence-electron chi connectivity index (χ3n) is 4.71. The summed E-state index contributed by atoms with van der Waals surface area (Å²) >= 11 is 4.86. The summed E-state index contributed by atoms with van der Waals surface area (Å²) in [7, 11) is 0. The van der Waals surface area contributed by atoms with Crippen molar-refractivity contribution in [2.24, 2.45) is 0 Å². The molecule has 0 aromatic heterocycles. The first-order valence-corrected chi connectivity index (χ1v) is 9.04. The van der Waals surface area contributed by atoms with Crippen LogP contribution in [-0.4, -0.2) is 22.0 Å². The lowest BCUT2D eigenvalue weighted by molar-refractivity contribution is 0.0925. The molecule has 5 heteroatoms. The second-order valence-electron chi connectivity index (χ2n) is 7.07. The molecule has 0 saturated heterocycles. The Morgan fingerprint density at radius 3 is 1.96 bits per heavy atom. The number of rotatable bonds is 4. The van der Waals surface area contributed by atoms with Crippen LogP contribution < -0.4 is 4.90 Å². The van der Waals surface area contributed by atoms with Crippen LogP contribution in [-0.2, 0) is 0 Å². The normalized spacial score (nSPS) is 13.7. The van der Waals surface area contributed by atoms with Gasteiger partial charge in [-0.15, -0.1) is 0 Å². The fourth-order valence-electron chi connectivity index (χ4n) is 3.44. The maximum Gasteiger partial charge on any atom is 0.266 e. The lowest BCUT2D eigenvalue weighted by Crippen LogP contribution is -2.32. The molecule has 0 radical (unpaired) electrons. The van der Waals surface area contributed by atoms with Gasteiger partial charge in [-0.3, -0.25) is 9.59 Å². The zero-order valence-electron chi connectivity index (χ0n) is 15.2. The molecule has 0 bridgehead atoms. The summed E-state index contributed by atoms with van der Waals surface area (Å²) in [5.41, 5.74) is 3.22. The van der Waals surface area contributed by atoms with E-state index in [1.165, 1.54) is 4.90 Å². The van der Waals surface area contributed by atoms with E-state index < -0.39 is 5.91 Å². The average Bonchev–Trinajstić information content (AvgIpc) is 2.85. The molecular formula is C21H21NO3S. The van der Waals surface area contributed by atoms with Gasteiger partial charge in [0.1, 0.15) is 0 Å². The van der Waals surface area contributed by atoms with Crippen molar-refractivity contribution in [2.45, 2.75) is 39.5 Å². The van der Waals surface area contributed by atoms with Crippen molar-refractivity contribution in [3.63, 3.8) is 0 Å². The standard InChI is InChI=1S/C21H21NO3S/c1-11(2)13-7-5-8-14(12(3)4)18(13)22-19(23)15-9-6-10-16(21(25)26)17(15)20(22)24/h5-12H,1-4H3,(H,25,26). The SMILES string of the molecule is CC(C)c1cccc(C(C)C)c1N1C(=O)c2cccc(C(O)=S)c2C1=O. The fourth-order valence-corrected chi connectivity index (χ4v) is 3.61. The maximum atomic E-state index is 13.2. The third kappa shape index (κ3) is 2.72. The predicted molar refractivity (Wildman–Crippen MR) is 107 cm³/mol. The summed E-state index contributed by atoms with van der Waals surface area (Å²) in [4.78, 5) is 27.6. The molecule has 1 heterocycles. The summed E-state index contributed by atoms with van der Waals surface area (Å²) in [6.07, 6.45) is 0. The first kappa shape index (κ1) is 18.3. The van der Waals surface area contributed by atoms with Crippen molar-refractivity contribution in [1.82, 2.24) is 0 Å². The van der Waals surface area contributed by atoms with Crippen LogP contribution in [0.1, 0.15) is 76.9 Å². The van der Waals surface area contributed by atoms with Crippen molar-refractivity contribution in [3.05, 3.63) is 64.2 Å². The van der Waals surface area contributed by atoms with Crippen molar-refractivity contribution < 1.29 is 14.7 Å². The minimum atomic E-state index is -0.438. The van der Waals surface area contributed by atoms with Gasteiger partial charge in [0.05, 0.1) is 16.8 Å². The largest absolute Gasteiger partial charge is 0.499 e. The van der Waals surface area contributed by atoms with E-state index in [0.29, 0.717) is 5.69 Å². The van der Waals surface area contributed by atoms with Gasteiger partial charge >= 0.3 is 0 Å². The van der Waals surface area contributed by atoms with Gasteiger partial charge in [-0.25, -0.2) is 4.90 Å². The van der Waals surface area contributed by atoms with E-state index in [2.05, 4.69) is 0 Å². The number of imide groups is 1. The van der Waals surface area contributed by atoms with Crippen molar-refractivity contribution in [1.29, 1.82) is 0 Å². The lowest BCUT2D eigenvalue weighted by Gasteiger charge is -2.25. The number of aliphatic hydroxyl groups excluding tert-OH is 1. The van der Waals surface area contributed by atoms with Gasteiger partial charge in [0, 0.05) is 5.56 Å². The number of nitrogens with zero attached hydrogens (tertiary/aromatic N) is 1. The Morgan fingerprint density at radius 1 is 0.923 bits per heavy atom. The van der Waals surface area contributed by atoms with E-state index in [1.807, 2.05) is 45.9 Å². The number of amides is 2. The number of hydrogen-bond donors (Lipinski definition) is 1. The molecule has 0 aliphatic carbocycles. The minimum absolute atomic E-state index is 0.145. The molecular weight excluding hydrogens is 346 g/mol. The fraction of sp³-hybridized carbons (Fsp3) is 0.286. The van der Waals surface area contributed by atoms with Gasteiger partial charge in [0.2, 0.25) is 0 Å². The quantitative estimate of drug-likeness (QED) is 0.612. The number of benzene rings is 2. The van der Waals surface area contributed by atoms with Crippen LogP contribution in [0.5, 0.6) is 0 Å². The van der Waals surface area contributed by atoms with Gasteiger partial charge in [0.25, 0.3) is 11.8 Å². The Kier molecular flexibility index (Phi) is 4.67. The van der Waals surface area contributed by atoms with Crippen molar-refractivity contribution >= 4 is 34.8 Å². The third-order valence-corrected chi connectivity index (χ3v) is 4.93. The van der Waals surface area contributed by atoms with Crippen LogP contribution >= 0.6 is 12.2 Å². The van der Waals surface area contributed by atoms with Crippen LogP contribution in [0, 0.1) is 0 Å². The number of aliphatic hydroxyl groups is 1. The Bertz CT molecular complexity index is 905. The van der Waals surface area contributed by atoms with Crippen LogP contribution in [0.3, 0.4) is 0 Å². The van der Waals surface area contributed by atoms with E-state index in [0.717, 1.165) is 11.1 Å². The van der Waals surface area contributed by atoms with E-state index in [9.17, 15) is 14.7 Å². The van der Waals surface area contributed by atoms with Gasteiger partial charge in [-0.2, -0.15) is 0 Å². The van der Waals surface area contributed by atoms with Crippen LogP contribution in [0.25, 0.3) is 0 Å². The summed E-state index contributed by atoms with van der Waals surface area (Å²) < 4.78 is 0. The number of carbonyl (C=O) groups excluding carboxylic acids is 2. The maximum absolute atomic E-state index is 13.2. The average molecular weight is 367 g/mol. The summed E-state index contributed by atoms with van der Waals surface area (Å²) in [5, 5.41) is 9.40. The highest BCUT2D eigenvalue weighted by molar-refractivity contribution is 7.80. The zero-order chi connectivity index (χ0) is 19.2. The zero-order valence-corrected chi connectivity index (χ0v) is 16.1. The van der Waals surface area contributed by atoms with Gasteiger partial charge in [0.15, 0.2) is 5.05 Å². The topological polar surface area (TPSA) is 57.6 Å². The minimum Gasteiger partial charge on any atom is -0.499 e. The molecule has 2 aromatic rings. The van der Waals surface area contributed by atoms with Gasteiger partial charge < -0.3 is 5.11 Å². The molecule has 0 unspecified atom stereocenters. The van der Waals surface area contributed by atoms with E-state index in [-0.39, 0.29) is 39.5 Å². The predicted octanol–water partition coefficient (Wildman–Crippen LogP) is 4.97. The molecule has 4 nitrogen and oxygen atoms in total. The molecule has 3 rings (SSSR count).